The van der Waals surface area contributed by atoms with Crippen LogP contribution in [0, 0.1) is 0 Å². The molecule has 0 fully saturated rings. The number of hydrogen-bond donors (Lipinski definition) is 0. The molecule has 0 amide bonds. The van der Waals surface area contributed by atoms with Crippen molar-refractivity contribution in [1.82, 2.24) is 0 Å². The number of hydrogen-bond acceptors (Lipinski definition) is 2. The molecule has 1 atom stereocenters. The smallest absolute Gasteiger partial charge is 0.147 e. The van der Waals surface area contributed by atoms with Crippen LogP contribution in [0.4, 0.5) is 0 Å². The fourth-order valence-electron chi connectivity index (χ4n) is 0.830. The molecule has 0 rings (SSSR count). The molecule has 11 heavy (non-hydrogen) atoms. The quantitative estimate of drug-likeness (QED) is 0.418. The standard InChI is InChI=1S/C9H18O2/c1-4-6-7-9(5-2)11-8-10-3/h5,9H,2,4,6-8H2,1,3H3. The molecule has 0 N–H and O–H groups in total. The van der Waals surface area contributed by atoms with Crippen molar-refractivity contribution < 1.29 is 9.47 Å². The normalized spacial score (nSPS) is 12.9. The monoisotopic (exact) mass is 158 g/mol. The van der Waals surface area contributed by atoms with Crippen LogP contribution in [-0.2, 0) is 9.47 Å². The Hall–Kier alpha value is -0.340. The zero-order valence-corrected chi connectivity index (χ0v) is 7.51. The van der Waals surface area contributed by atoms with E-state index in [1.807, 2.05) is 6.08 Å². The molecule has 0 aliphatic carbocycles. The van der Waals surface area contributed by atoms with Crippen molar-refractivity contribution in [3.63, 3.8) is 0 Å². The molecular weight excluding hydrogens is 140 g/mol. The van der Waals surface area contributed by atoms with Gasteiger partial charge in [-0.3, -0.25) is 0 Å². The van der Waals surface area contributed by atoms with Crippen LogP contribution < -0.4 is 0 Å². The van der Waals surface area contributed by atoms with Gasteiger partial charge in [0.1, 0.15) is 6.79 Å². The molecule has 0 aliphatic heterocycles. The molecule has 1 unspecified atom stereocenters. The zero-order valence-electron chi connectivity index (χ0n) is 7.51. The van der Waals surface area contributed by atoms with Gasteiger partial charge in [-0.05, 0) is 6.42 Å². The Morgan fingerprint density at radius 2 is 2.27 bits per heavy atom. The van der Waals surface area contributed by atoms with Crippen LogP contribution in [0.2, 0.25) is 0 Å². The van der Waals surface area contributed by atoms with E-state index in [9.17, 15) is 0 Å². The first-order chi connectivity index (χ1) is 5.35. The van der Waals surface area contributed by atoms with Crippen LogP contribution >= 0.6 is 0 Å². The van der Waals surface area contributed by atoms with Crippen LogP contribution in [0.25, 0.3) is 0 Å². The van der Waals surface area contributed by atoms with Crippen molar-refractivity contribution in [2.24, 2.45) is 0 Å². The first-order valence-corrected chi connectivity index (χ1v) is 4.08. The molecular formula is C9H18O2. The average molecular weight is 158 g/mol. The van der Waals surface area contributed by atoms with Gasteiger partial charge in [-0.25, -0.2) is 0 Å². The van der Waals surface area contributed by atoms with Crippen LogP contribution in [0.1, 0.15) is 26.2 Å². The lowest BCUT2D eigenvalue weighted by Gasteiger charge is -2.11. The summed E-state index contributed by atoms with van der Waals surface area (Å²) in [5.74, 6) is 0. The van der Waals surface area contributed by atoms with Crippen molar-refractivity contribution in [2.75, 3.05) is 13.9 Å². The van der Waals surface area contributed by atoms with E-state index in [0.717, 1.165) is 6.42 Å². The Balaban J connectivity index is 3.33. The van der Waals surface area contributed by atoms with Gasteiger partial charge in [-0.15, -0.1) is 6.58 Å². The molecule has 66 valence electrons. The Labute approximate surface area is 69.2 Å². The van der Waals surface area contributed by atoms with E-state index in [2.05, 4.69) is 13.5 Å². The zero-order chi connectivity index (χ0) is 8.53. The maximum atomic E-state index is 5.30. The first kappa shape index (κ1) is 10.7. The second-order valence-corrected chi connectivity index (χ2v) is 2.49. The largest absolute Gasteiger partial charge is 0.359 e. The van der Waals surface area contributed by atoms with Crippen molar-refractivity contribution >= 4 is 0 Å². The van der Waals surface area contributed by atoms with Crippen LogP contribution in [0.3, 0.4) is 0 Å². The Morgan fingerprint density at radius 1 is 1.55 bits per heavy atom. The summed E-state index contributed by atoms with van der Waals surface area (Å²) in [4.78, 5) is 0. The van der Waals surface area contributed by atoms with Gasteiger partial charge in [0.05, 0.1) is 6.10 Å². The predicted octanol–water partition coefficient (Wildman–Crippen LogP) is 2.35. The summed E-state index contributed by atoms with van der Waals surface area (Å²) in [5, 5.41) is 0. The molecule has 2 nitrogen and oxygen atoms in total. The van der Waals surface area contributed by atoms with Gasteiger partial charge in [0.2, 0.25) is 0 Å². The summed E-state index contributed by atoms with van der Waals surface area (Å²) >= 11 is 0. The molecule has 0 saturated carbocycles. The van der Waals surface area contributed by atoms with Gasteiger partial charge in [0, 0.05) is 7.11 Å². The fraction of sp³-hybridized carbons (Fsp3) is 0.778. The van der Waals surface area contributed by atoms with Gasteiger partial charge in [-0.1, -0.05) is 25.8 Å². The molecule has 0 bridgehead atoms. The maximum absolute atomic E-state index is 5.30. The summed E-state index contributed by atoms with van der Waals surface area (Å²) in [7, 11) is 1.62. The van der Waals surface area contributed by atoms with Gasteiger partial charge >= 0.3 is 0 Å². The summed E-state index contributed by atoms with van der Waals surface area (Å²) in [6, 6.07) is 0. The highest BCUT2D eigenvalue weighted by Crippen LogP contribution is 2.05. The van der Waals surface area contributed by atoms with Gasteiger partial charge in [-0.2, -0.15) is 0 Å². The second kappa shape index (κ2) is 7.76. The van der Waals surface area contributed by atoms with Gasteiger partial charge < -0.3 is 9.47 Å². The summed E-state index contributed by atoms with van der Waals surface area (Å²) in [6.07, 6.45) is 5.41. The van der Waals surface area contributed by atoms with E-state index in [1.165, 1.54) is 12.8 Å². The highest BCUT2D eigenvalue weighted by atomic mass is 16.7. The minimum atomic E-state index is 0.162. The SMILES string of the molecule is C=CC(CCCC)OCOC. The lowest BCUT2D eigenvalue weighted by atomic mass is 10.2. The van der Waals surface area contributed by atoms with E-state index in [-0.39, 0.29) is 6.10 Å². The molecule has 0 aromatic carbocycles. The van der Waals surface area contributed by atoms with Gasteiger partial charge in [0.15, 0.2) is 0 Å². The Morgan fingerprint density at radius 3 is 2.73 bits per heavy atom. The third-order valence-electron chi connectivity index (χ3n) is 1.51. The molecule has 0 aliphatic rings. The number of unbranched alkanes of at least 4 members (excludes halogenated alkanes) is 1. The van der Waals surface area contributed by atoms with Crippen LogP contribution in [-0.4, -0.2) is 20.0 Å². The van der Waals surface area contributed by atoms with E-state index < -0.39 is 0 Å². The number of methoxy groups -OCH3 is 1. The predicted molar refractivity (Wildman–Crippen MR) is 46.5 cm³/mol. The molecule has 0 heterocycles. The average Bonchev–Trinajstić information content (AvgIpc) is 2.05. The third-order valence-corrected chi connectivity index (χ3v) is 1.51. The van der Waals surface area contributed by atoms with E-state index in [1.54, 1.807) is 7.11 Å². The Kier molecular flexibility index (Phi) is 7.52. The van der Waals surface area contributed by atoms with E-state index in [4.69, 9.17) is 9.47 Å². The van der Waals surface area contributed by atoms with Crippen molar-refractivity contribution in [2.45, 2.75) is 32.3 Å². The third kappa shape index (κ3) is 6.07. The molecule has 2 heteroatoms. The molecule has 0 saturated heterocycles. The van der Waals surface area contributed by atoms with Crippen molar-refractivity contribution in [3.05, 3.63) is 12.7 Å². The summed E-state index contributed by atoms with van der Waals surface area (Å²) < 4.78 is 10.1. The van der Waals surface area contributed by atoms with Gasteiger partial charge in [0.25, 0.3) is 0 Å². The minimum Gasteiger partial charge on any atom is -0.359 e. The summed E-state index contributed by atoms with van der Waals surface area (Å²) in [6.45, 7) is 6.21. The number of rotatable bonds is 7. The lowest BCUT2D eigenvalue weighted by molar-refractivity contribution is -0.0578. The summed E-state index contributed by atoms with van der Waals surface area (Å²) in [5.41, 5.74) is 0. The van der Waals surface area contributed by atoms with Crippen molar-refractivity contribution in [3.8, 4) is 0 Å². The number of ether oxygens (including phenoxy) is 2. The lowest BCUT2D eigenvalue weighted by Crippen LogP contribution is -2.11. The highest BCUT2D eigenvalue weighted by molar-refractivity contribution is 4.79. The molecule has 0 aromatic rings. The molecule has 0 spiro atoms. The highest BCUT2D eigenvalue weighted by Gasteiger charge is 2.01. The topological polar surface area (TPSA) is 18.5 Å². The molecule has 0 aromatic heterocycles. The Bertz CT molecular complexity index is 83.6. The minimum absolute atomic E-state index is 0.162. The molecule has 0 radical (unpaired) electrons. The van der Waals surface area contributed by atoms with E-state index >= 15 is 0 Å². The second-order valence-electron chi connectivity index (χ2n) is 2.49. The van der Waals surface area contributed by atoms with E-state index in [0.29, 0.717) is 6.79 Å². The maximum Gasteiger partial charge on any atom is 0.147 e. The fourth-order valence-corrected chi connectivity index (χ4v) is 0.830. The van der Waals surface area contributed by atoms with Crippen LogP contribution in [0.15, 0.2) is 12.7 Å². The first-order valence-electron chi connectivity index (χ1n) is 4.08. The van der Waals surface area contributed by atoms with Crippen molar-refractivity contribution in [1.29, 1.82) is 0 Å². The van der Waals surface area contributed by atoms with Crippen LogP contribution in [0.5, 0.6) is 0 Å².